The summed E-state index contributed by atoms with van der Waals surface area (Å²) in [5.74, 6) is 3.13. The zero-order valence-corrected chi connectivity index (χ0v) is 44.2. The quantitative estimate of drug-likeness (QED) is 0.241. The van der Waals surface area contributed by atoms with Crippen LogP contribution in [0, 0.1) is 45.3 Å². The lowest BCUT2D eigenvalue weighted by Gasteiger charge is -2.33. The Morgan fingerprint density at radius 3 is 0.823 bits per heavy atom. The number of hydrogen-bond donors (Lipinski definition) is 0. The van der Waals surface area contributed by atoms with E-state index in [-0.39, 0.29) is 0 Å². The minimum atomic E-state index is 0.484. The summed E-state index contributed by atoms with van der Waals surface area (Å²) in [5.41, 5.74) is 2.19. The normalized spacial score (nSPS) is 35.6. The van der Waals surface area contributed by atoms with Gasteiger partial charge >= 0.3 is 0 Å². The van der Waals surface area contributed by atoms with Gasteiger partial charge in [-0.1, -0.05) is 68.2 Å². The van der Waals surface area contributed by atoms with Crippen LogP contribution in [0.2, 0.25) is 0 Å². The molecule has 4 unspecified atom stereocenters. The van der Waals surface area contributed by atoms with Crippen molar-refractivity contribution in [2.75, 3.05) is 65.8 Å². The van der Waals surface area contributed by atoms with E-state index in [1.165, 1.54) is 110 Å². The second-order valence-electron chi connectivity index (χ2n) is 25.4. The fourth-order valence-corrected chi connectivity index (χ4v) is 14.1. The Morgan fingerprint density at radius 1 is 0.323 bits per heavy atom. The molecule has 7 atom stereocenters. The van der Waals surface area contributed by atoms with Crippen molar-refractivity contribution in [3.63, 3.8) is 0 Å². The van der Waals surface area contributed by atoms with Gasteiger partial charge in [-0.05, 0) is 155 Å². The molecule has 0 bridgehead atoms. The Bertz CT molecular complexity index is 1120. The third kappa shape index (κ3) is 13.0. The highest BCUT2D eigenvalue weighted by Gasteiger charge is 2.50. The van der Waals surface area contributed by atoms with Gasteiger partial charge in [-0.25, -0.2) is 0 Å². The molecule has 1 saturated carbocycles. The van der Waals surface area contributed by atoms with Crippen LogP contribution >= 0.6 is 0 Å². The van der Waals surface area contributed by atoms with Gasteiger partial charge < -0.3 is 14.2 Å². The highest BCUT2D eigenvalue weighted by atomic mass is 16.5. The lowest BCUT2D eigenvalue weighted by Crippen LogP contribution is -2.40. The van der Waals surface area contributed by atoms with Crippen LogP contribution < -0.4 is 0 Å². The summed E-state index contributed by atoms with van der Waals surface area (Å²) in [6.45, 7) is 48.8. The van der Waals surface area contributed by atoms with Gasteiger partial charge in [0.05, 0.1) is 19.8 Å². The predicted molar refractivity (Wildman–Crippen MR) is 264 cm³/mol. The standard InChI is InChI=1S/2C14H27NO.C14H27N.C13H25NO/c2*1-11(2)13-8-14(6-5-7-16-10-14)9-15(13)12(3)4;1-11(2)13-9-14(7-5-6-8-14)10-15(13)12(3)4;1-10(2)12-7-13(5-6-15-9-13)8-14(12)11(3)4/h2*11-13H,5-10H2,1-4H3;11-13H,5-10H2,1-4H3;10-12H,5-9H2,1-4H3/t2*13?,14-;;12?,13-/m10.1/s1. The maximum Gasteiger partial charge on any atom is 0.0536 e. The summed E-state index contributed by atoms with van der Waals surface area (Å²) in [5, 5.41) is 0. The van der Waals surface area contributed by atoms with Crippen LogP contribution in [0.4, 0.5) is 0 Å². The maximum atomic E-state index is 5.74. The van der Waals surface area contributed by atoms with Crippen molar-refractivity contribution >= 4 is 0 Å². The zero-order chi connectivity index (χ0) is 45.6. The Morgan fingerprint density at radius 2 is 0.581 bits per heavy atom. The topological polar surface area (TPSA) is 40.6 Å². The highest BCUT2D eigenvalue weighted by Crippen LogP contribution is 2.50. The van der Waals surface area contributed by atoms with Crippen molar-refractivity contribution in [1.82, 2.24) is 19.6 Å². The SMILES string of the molecule is CC(C)C1CC2(CCCC2)CN1C(C)C.CC(C)C1C[C@@]2(CCCOC2)CN1C(C)C.CC(C)C1C[C@]2(CCCOC2)CN1C(C)C.CC(C)C1C[C@]2(CCOC2)CN1C(C)C. The Labute approximate surface area is 386 Å². The van der Waals surface area contributed by atoms with E-state index in [1.54, 1.807) is 0 Å². The van der Waals surface area contributed by atoms with E-state index < -0.39 is 0 Å². The van der Waals surface area contributed by atoms with Gasteiger partial charge in [0, 0.05) is 111 Å². The molecule has 0 aromatic carbocycles. The van der Waals surface area contributed by atoms with Crippen molar-refractivity contribution in [3.8, 4) is 0 Å². The maximum absolute atomic E-state index is 5.74. The monoisotopic (exact) mass is 871 g/mol. The first kappa shape index (κ1) is 52.7. The molecule has 7 nitrogen and oxygen atoms in total. The highest BCUT2D eigenvalue weighted by molar-refractivity contribution is 5.03. The summed E-state index contributed by atoms with van der Waals surface area (Å²) in [7, 11) is 0. The van der Waals surface area contributed by atoms with Crippen LogP contribution in [0.3, 0.4) is 0 Å². The van der Waals surface area contributed by atoms with Crippen LogP contribution in [0.15, 0.2) is 0 Å². The van der Waals surface area contributed by atoms with Crippen LogP contribution in [0.25, 0.3) is 0 Å². The Hall–Kier alpha value is -0.280. The van der Waals surface area contributed by atoms with Crippen LogP contribution in [-0.4, -0.2) is 134 Å². The number of rotatable bonds is 8. The largest absolute Gasteiger partial charge is 0.381 e. The lowest BCUT2D eigenvalue weighted by atomic mass is 9.79. The minimum Gasteiger partial charge on any atom is -0.381 e. The number of hydrogen-bond acceptors (Lipinski definition) is 7. The third-order valence-corrected chi connectivity index (χ3v) is 17.7. The fraction of sp³-hybridized carbons (Fsp3) is 1.00. The first-order valence-electron chi connectivity index (χ1n) is 26.9. The van der Waals surface area contributed by atoms with Crippen LogP contribution in [0.5, 0.6) is 0 Å². The lowest BCUT2D eigenvalue weighted by molar-refractivity contribution is -0.00359. The summed E-state index contributed by atoms with van der Waals surface area (Å²) in [6, 6.07) is 5.91. The molecule has 7 aliphatic heterocycles. The average molecular weight is 871 g/mol. The van der Waals surface area contributed by atoms with Gasteiger partial charge in [-0.2, -0.15) is 0 Å². The molecule has 1 aliphatic carbocycles. The molecule has 0 N–H and O–H groups in total. The minimum absolute atomic E-state index is 0.484. The first-order chi connectivity index (χ1) is 29.2. The molecule has 7 heteroatoms. The molecular weight excluding hydrogens is 765 g/mol. The molecule has 8 fully saturated rings. The summed E-state index contributed by atoms with van der Waals surface area (Å²) in [6.07, 6.45) is 18.0. The first-order valence-corrected chi connectivity index (χ1v) is 26.9. The molecule has 0 aromatic heterocycles. The molecule has 0 amide bonds. The molecule has 7 saturated heterocycles. The predicted octanol–water partition coefficient (Wildman–Crippen LogP) is 12.1. The van der Waals surface area contributed by atoms with Crippen molar-refractivity contribution < 1.29 is 14.2 Å². The number of ether oxygens (including phenoxy) is 3. The third-order valence-electron chi connectivity index (χ3n) is 17.7. The summed E-state index contributed by atoms with van der Waals surface area (Å²) >= 11 is 0. The van der Waals surface area contributed by atoms with Crippen LogP contribution in [0.1, 0.15) is 194 Å². The molecule has 62 heavy (non-hydrogen) atoms. The van der Waals surface area contributed by atoms with Crippen molar-refractivity contribution in [2.45, 2.75) is 243 Å². The molecule has 4 spiro atoms. The molecule has 8 aliphatic rings. The second kappa shape index (κ2) is 22.7. The molecule has 7 heterocycles. The van der Waals surface area contributed by atoms with Gasteiger partial charge in [0.15, 0.2) is 0 Å². The van der Waals surface area contributed by atoms with E-state index in [0.29, 0.717) is 34.4 Å². The Balaban J connectivity index is 0.000000156. The van der Waals surface area contributed by atoms with Crippen LogP contribution in [-0.2, 0) is 14.2 Å². The van der Waals surface area contributed by atoms with E-state index in [2.05, 4.69) is 130 Å². The molecule has 364 valence electrons. The van der Waals surface area contributed by atoms with Gasteiger partial charge in [-0.3, -0.25) is 19.6 Å². The fourth-order valence-electron chi connectivity index (χ4n) is 14.1. The van der Waals surface area contributed by atoms with Gasteiger partial charge in [0.1, 0.15) is 0 Å². The molecule has 0 radical (unpaired) electrons. The van der Waals surface area contributed by atoms with E-state index in [9.17, 15) is 0 Å². The van der Waals surface area contributed by atoms with Crippen molar-refractivity contribution in [1.29, 1.82) is 0 Å². The molecular formula is C55H106N4O3. The van der Waals surface area contributed by atoms with E-state index in [1.807, 2.05) is 0 Å². The summed E-state index contributed by atoms with van der Waals surface area (Å²) < 4.78 is 17.1. The average Bonchev–Trinajstić information content (AvgIpc) is 4.08. The number of nitrogens with zero attached hydrogens (tertiary/aromatic N) is 4. The van der Waals surface area contributed by atoms with E-state index >= 15 is 0 Å². The second-order valence-corrected chi connectivity index (χ2v) is 25.4. The van der Waals surface area contributed by atoms with Gasteiger partial charge in [-0.15, -0.1) is 0 Å². The summed E-state index contributed by atoms with van der Waals surface area (Å²) in [4.78, 5) is 10.9. The van der Waals surface area contributed by atoms with Gasteiger partial charge in [0.25, 0.3) is 0 Å². The number of likely N-dealkylation sites (tertiary alicyclic amines) is 4. The van der Waals surface area contributed by atoms with Gasteiger partial charge in [0.2, 0.25) is 0 Å². The van der Waals surface area contributed by atoms with E-state index in [4.69, 9.17) is 14.2 Å². The zero-order valence-electron chi connectivity index (χ0n) is 44.2. The van der Waals surface area contributed by atoms with Crippen molar-refractivity contribution in [2.24, 2.45) is 45.3 Å². The Kier molecular flexibility index (Phi) is 19.3. The van der Waals surface area contributed by atoms with Crippen molar-refractivity contribution in [3.05, 3.63) is 0 Å². The smallest absolute Gasteiger partial charge is 0.0536 e. The molecule has 0 aromatic rings. The van der Waals surface area contributed by atoms with E-state index in [0.717, 1.165) is 98.9 Å². The molecule has 8 rings (SSSR count).